The van der Waals surface area contributed by atoms with E-state index in [1.807, 2.05) is 11.0 Å². The first-order valence-electron chi connectivity index (χ1n) is 13.0. The largest absolute Gasteiger partial charge is 0.368 e. The number of halogens is 2. The zero-order valence-electron chi connectivity index (χ0n) is 22.3. The number of anilines is 5. The van der Waals surface area contributed by atoms with E-state index in [0.29, 0.717) is 64.2 Å². The van der Waals surface area contributed by atoms with Gasteiger partial charge in [0.1, 0.15) is 5.56 Å². The van der Waals surface area contributed by atoms with Gasteiger partial charge in [0.2, 0.25) is 11.9 Å². The summed E-state index contributed by atoms with van der Waals surface area (Å²) in [7, 11) is 2.19. The van der Waals surface area contributed by atoms with Crippen LogP contribution >= 0.6 is 23.2 Å². The number of carbonyl (C=O) groups excluding carboxylic acids is 1. The van der Waals surface area contributed by atoms with Crippen LogP contribution in [0.25, 0.3) is 0 Å². The molecule has 2 aromatic carbocycles. The van der Waals surface area contributed by atoms with E-state index in [1.54, 1.807) is 24.4 Å². The highest BCUT2D eigenvalue weighted by molar-refractivity contribution is 6.43. The normalized spacial score (nSPS) is 21.1. The van der Waals surface area contributed by atoms with Gasteiger partial charge in [0, 0.05) is 49.3 Å². The van der Waals surface area contributed by atoms with Gasteiger partial charge >= 0.3 is 0 Å². The lowest BCUT2D eigenvalue weighted by Crippen LogP contribution is -2.55. The van der Waals surface area contributed by atoms with Crippen LogP contribution in [-0.2, 0) is 0 Å². The number of carbonyl (C=O) groups is 1. The van der Waals surface area contributed by atoms with Crippen LogP contribution in [0.4, 0.5) is 28.8 Å². The third-order valence-electron chi connectivity index (χ3n) is 7.79. The second-order valence-electron chi connectivity index (χ2n) is 10.4. The van der Waals surface area contributed by atoms with E-state index in [0.717, 1.165) is 18.8 Å². The molecule has 6 rings (SSSR count). The molecule has 202 valence electrons. The molecule has 9 nitrogen and oxygen atoms in total. The van der Waals surface area contributed by atoms with E-state index in [1.165, 1.54) is 16.2 Å². The van der Waals surface area contributed by atoms with Gasteiger partial charge in [-0.1, -0.05) is 29.3 Å². The van der Waals surface area contributed by atoms with Gasteiger partial charge in [0.15, 0.2) is 5.82 Å². The number of hydrogen-bond donors (Lipinski definition) is 1. The highest BCUT2D eigenvalue weighted by atomic mass is 35.5. The summed E-state index contributed by atoms with van der Waals surface area (Å²) in [5.74, 6) is 1.07. The fourth-order valence-electron chi connectivity index (χ4n) is 5.55. The van der Waals surface area contributed by atoms with Gasteiger partial charge in [-0.15, -0.1) is 0 Å². The van der Waals surface area contributed by atoms with Crippen LogP contribution in [0, 0.1) is 6.92 Å². The Morgan fingerprint density at radius 2 is 1.77 bits per heavy atom. The summed E-state index contributed by atoms with van der Waals surface area (Å²) in [6.45, 7) is 9.76. The van der Waals surface area contributed by atoms with Gasteiger partial charge in [0.05, 0.1) is 22.3 Å². The van der Waals surface area contributed by atoms with Crippen molar-refractivity contribution in [3.63, 3.8) is 0 Å². The first-order chi connectivity index (χ1) is 18.7. The van der Waals surface area contributed by atoms with E-state index in [9.17, 15) is 4.79 Å². The van der Waals surface area contributed by atoms with Crippen molar-refractivity contribution in [2.24, 2.45) is 4.99 Å². The Morgan fingerprint density at radius 3 is 2.46 bits per heavy atom. The summed E-state index contributed by atoms with van der Waals surface area (Å²) in [5, 5.41) is 4.06. The number of nitrogens with zero attached hydrogens (tertiary/aromatic N) is 7. The number of aromatic nitrogens is 2. The average molecular weight is 566 g/mol. The van der Waals surface area contributed by atoms with Crippen LogP contribution in [0.5, 0.6) is 0 Å². The van der Waals surface area contributed by atoms with Crippen LogP contribution < -0.4 is 20.0 Å². The topological polar surface area (TPSA) is 80.2 Å². The molecule has 4 heterocycles. The molecule has 0 aliphatic carbocycles. The predicted molar refractivity (Wildman–Crippen MR) is 158 cm³/mol. The maximum atomic E-state index is 13.6. The van der Waals surface area contributed by atoms with Crippen molar-refractivity contribution in [1.29, 1.82) is 0 Å². The summed E-state index contributed by atoms with van der Waals surface area (Å²) >= 11 is 12.9. The van der Waals surface area contributed by atoms with Crippen LogP contribution in [0.3, 0.4) is 0 Å². The standard InChI is InChI=1S/C28H30Cl2N8O/c1-16-12-19(8-9-23(16)36-14-17(2)35(4)18(3)15-36)33-27-32-13-20-25(34-27)37-11-10-31-28(37)38(26(20)39)24-21(29)6-5-7-22(24)30/h5-9,12-13,17-18H,10-11,14-15H2,1-4H3,(H,32,33,34)/t17-,18+. The summed E-state index contributed by atoms with van der Waals surface area (Å²) in [4.78, 5) is 35.7. The molecule has 1 aromatic heterocycles. The van der Waals surface area contributed by atoms with E-state index in [2.05, 4.69) is 65.0 Å². The van der Waals surface area contributed by atoms with Crippen LogP contribution in [0.2, 0.25) is 10.0 Å². The minimum Gasteiger partial charge on any atom is -0.368 e. The van der Waals surface area contributed by atoms with Crippen molar-refractivity contribution in [1.82, 2.24) is 14.9 Å². The number of nitrogens with one attached hydrogen (secondary N) is 1. The molecule has 0 bridgehead atoms. The highest BCUT2D eigenvalue weighted by Gasteiger charge is 2.41. The molecule has 1 fully saturated rings. The number of guanidine groups is 1. The summed E-state index contributed by atoms with van der Waals surface area (Å²) in [6, 6.07) is 12.4. The average Bonchev–Trinajstić information content (AvgIpc) is 3.39. The zero-order valence-corrected chi connectivity index (χ0v) is 23.8. The summed E-state index contributed by atoms with van der Waals surface area (Å²) < 4.78 is 0. The molecule has 1 saturated heterocycles. The number of piperazine rings is 1. The van der Waals surface area contributed by atoms with Crippen molar-refractivity contribution in [3.05, 3.63) is 63.8 Å². The zero-order chi connectivity index (χ0) is 27.4. The third-order valence-corrected chi connectivity index (χ3v) is 8.40. The van der Waals surface area contributed by atoms with Gasteiger partial charge in [-0.2, -0.15) is 4.98 Å². The highest BCUT2D eigenvalue weighted by Crippen LogP contribution is 2.40. The molecule has 0 spiro atoms. The SMILES string of the molecule is Cc1cc(Nc2ncc3c(n2)N2CCN=C2N(c2c(Cl)cccc2Cl)C3=O)ccc1N1C[C@@H](C)N(C)[C@@H](C)C1. The molecule has 0 unspecified atom stereocenters. The van der Waals surface area contributed by atoms with E-state index >= 15 is 0 Å². The molecule has 3 aromatic rings. The second-order valence-corrected chi connectivity index (χ2v) is 11.2. The van der Waals surface area contributed by atoms with Crippen LogP contribution in [0.15, 0.2) is 47.6 Å². The predicted octanol–water partition coefficient (Wildman–Crippen LogP) is 5.20. The number of hydrogen-bond acceptors (Lipinski definition) is 8. The second kappa shape index (κ2) is 9.97. The third kappa shape index (κ3) is 4.48. The number of aliphatic imine (C=N–C) groups is 1. The quantitative estimate of drug-likeness (QED) is 0.466. The fraction of sp³-hybridized carbons (Fsp3) is 0.357. The molecule has 1 amide bonds. The molecular weight excluding hydrogens is 535 g/mol. The first kappa shape index (κ1) is 25.9. The number of aryl methyl sites for hydroxylation is 1. The van der Waals surface area contributed by atoms with E-state index in [4.69, 9.17) is 28.2 Å². The molecule has 39 heavy (non-hydrogen) atoms. The van der Waals surface area contributed by atoms with Crippen molar-refractivity contribution in [2.75, 3.05) is 53.2 Å². The van der Waals surface area contributed by atoms with Crippen LogP contribution in [0.1, 0.15) is 29.8 Å². The lowest BCUT2D eigenvalue weighted by molar-refractivity contribution is 0.1000. The van der Waals surface area contributed by atoms with E-state index < -0.39 is 0 Å². The Hall–Kier alpha value is -3.40. The minimum absolute atomic E-state index is 0.320. The number of rotatable bonds is 4. The molecule has 1 N–H and O–H groups in total. The summed E-state index contributed by atoms with van der Waals surface area (Å²) in [5.41, 5.74) is 4.07. The maximum absolute atomic E-state index is 13.6. The lowest BCUT2D eigenvalue weighted by atomic mass is 10.1. The maximum Gasteiger partial charge on any atom is 0.270 e. The van der Waals surface area contributed by atoms with Gasteiger partial charge in [-0.25, -0.2) is 9.88 Å². The van der Waals surface area contributed by atoms with Gasteiger partial charge in [-0.3, -0.25) is 19.6 Å². The monoisotopic (exact) mass is 564 g/mol. The number of amides is 1. The lowest BCUT2D eigenvalue weighted by Gasteiger charge is -2.44. The van der Waals surface area contributed by atoms with E-state index in [-0.39, 0.29) is 5.91 Å². The van der Waals surface area contributed by atoms with Gasteiger partial charge in [-0.05, 0) is 63.7 Å². The Balaban J connectivity index is 1.27. The molecule has 0 radical (unpaired) electrons. The molecule has 11 heteroatoms. The molecule has 3 aliphatic heterocycles. The van der Waals surface area contributed by atoms with Crippen molar-refractivity contribution < 1.29 is 4.79 Å². The molecule has 3 aliphatic rings. The van der Waals surface area contributed by atoms with Gasteiger partial charge in [0.25, 0.3) is 5.91 Å². The summed E-state index contributed by atoms with van der Waals surface area (Å²) in [6.07, 6.45) is 1.55. The fourth-order valence-corrected chi connectivity index (χ4v) is 6.12. The van der Waals surface area contributed by atoms with Crippen LogP contribution in [-0.4, -0.2) is 72.0 Å². The molecule has 2 atom stereocenters. The first-order valence-corrected chi connectivity index (χ1v) is 13.8. The van der Waals surface area contributed by atoms with Crippen molar-refractivity contribution >= 4 is 63.9 Å². The smallest absolute Gasteiger partial charge is 0.270 e. The molecule has 0 saturated carbocycles. The Bertz CT molecular complexity index is 1460. The van der Waals surface area contributed by atoms with Gasteiger partial charge < -0.3 is 10.2 Å². The number of fused-ring (bicyclic) bond motifs is 3. The molecular formula is C28H30Cl2N8O. The van der Waals surface area contributed by atoms with Crippen molar-refractivity contribution in [3.8, 4) is 0 Å². The number of benzene rings is 2. The Kier molecular flexibility index (Phi) is 6.61. The Morgan fingerprint density at radius 1 is 1.05 bits per heavy atom. The number of likely N-dealkylation sites (N-methyl/N-ethyl adjacent to an activating group) is 1. The Labute approximate surface area is 238 Å². The number of para-hydroxylation sites is 1. The van der Waals surface area contributed by atoms with Crippen molar-refractivity contribution in [2.45, 2.75) is 32.9 Å². The minimum atomic E-state index is -0.320.